The standard InChI is InChI=1S/C23H19FN4O4/c1-14-11-17(15(2)27(14)18-7-9-19(10-8-18)28(31)32)12-21-22(29)26(23(30)25-21)13-16-5-3-4-6-20(16)24/h3-12H,13H2,1-2H3,(H,25,30)/b21-12-. The van der Waals surface area contributed by atoms with Crippen LogP contribution in [0.4, 0.5) is 14.9 Å². The highest BCUT2D eigenvalue weighted by atomic mass is 19.1. The number of benzene rings is 2. The number of rotatable bonds is 5. The van der Waals surface area contributed by atoms with Crippen LogP contribution in [0.15, 0.2) is 60.3 Å². The summed E-state index contributed by atoms with van der Waals surface area (Å²) >= 11 is 0. The summed E-state index contributed by atoms with van der Waals surface area (Å²) in [6.45, 7) is 3.55. The Hall–Kier alpha value is -4.27. The number of aryl methyl sites for hydroxylation is 1. The number of non-ortho nitro benzene ring substituents is 1. The molecule has 3 aromatic rings. The number of aromatic nitrogens is 1. The number of hydrogen-bond acceptors (Lipinski definition) is 4. The fourth-order valence-corrected chi connectivity index (χ4v) is 3.72. The molecule has 32 heavy (non-hydrogen) atoms. The lowest BCUT2D eigenvalue weighted by Gasteiger charge is -2.12. The van der Waals surface area contributed by atoms with Crippen LogP contribution in [0.1, 0.15) is 22.5 Å². The van der Waals surface area contributed by atoms with Gasteiger partial charge < -0.3 is 9.88 Å². The first-order valence-electron chi connectivity index (χ1n) is 9.78. The lowest BCUT2D eigenvalue weighted by Crippen LogP contribution is -2.30. The summed E-state index contributed by atoms with van der Waals surface area (Å²) in [6.07, 6.45) is 1.58. The minimum atomic E-state index is -0.617. The van der Waals surface area contributed by atoms with Crippen molar-refractivity contribution in [3.05, 3.63) is 98.7 Å². The number of amides is 3. The zero-order chi connectivity index (χ0) is 23.0. The average Bonchev–Trinajstić information content (AvgIpc) is 3.19. The summed E-state index contributed by atoms with van der Waals surface area (Å²) < 4.78 is 15.8. The average molecular weight is 434 g/mol. The van der Waals surface area contributed by atoms with Gasteiger partial charge in [0.1, 0.15) is 11.5 Å². The van der Waals surface area contributed by atoms with E-state index in [1.54, 1.807) is 24.3 Å². The van der Waals surface area contributed by atoms with E-state index in [-0.39, 0.29) is 23.5 Å². The van der Waals surface area contributed by atoms with Gasteiger partial charge in [-0.1, -0.05) is 18.2 Å². The fourth-order valence-electron chi connectivity index (χ4n) is 3.72. The number of carbonyl (C=O) groups is 2. The van der Waals surface area contributed by atoms with E-state index in [9.17, 15) is 24.1 Å². The smallest absolute Gasteiger partial charge is 0.318 e. The molecule has 1 saturated heterocycles. The number of halogens is 1. The highest BCUT2D eigenvalue weighted by Gasteiger charge is 2.34. The number of nitrogens with zero attached hydrogens (tertiary/aromatic N) is 3. The molecule has 4 rings (SSSR count). The van der Waals surface area contributed by atoms with E-state index < -0.39 is 22.7 Å². The van der Waals surface area contributed by atoms with Crippen LogP contribution < -0.4 is 5.32 Å². The summed E-state index contributed by atoms with van der Waals surface area (Å²) in [6, 6.07) is 13.4. The maximum Gasteiger partial charge on any atom is 0.329 e. The van der Waals surface area contributed by atoms with Gasteiger partial charge in [-0.15, -0.1) is 0 Å². The number of carbonyl (C=O) groups excluding carboxylic acids is 2. The minimum Gasteiger partial charge on any atom is -0.318 e. The molecule has 2 heterocycles. The minimum absolute atomic E-state index is 0.00670. The molecule has 1 aliphatic rings. The molecule has 0 atom stereocenters. The third-order valence-corrected chi connectivity index (χ3v) is 5.34. The maximum atomic E-state index is 13.9. The first-order valence-corrected chi connectivity index (χ1v) is 9.78. The molecule has 0 aliphatic carbocycles. The van der Waals surface area contributed by atoms with Crippen LogP contribution in [-0.2, 0) is 11.3 Å². The molecule has 0 spiro atoms. The number of imide groups is 1. The van der Waals surface area contributed by atoms with Gasteiger partial charge in [-0.3, -0.25) is 19.8 Å². The molecule has 1 N–H and O–H groups in total. The van der Waals surface area contributed by atoms with Gasteiger partial charge in [-0.25, -0.2) is 9.18 Å². The van der Waals surface area contributed by atoms with E-state index in [4.69, 9.17) is 0 Å². The lowest BCUT2D eigenvalue weighted by atomic mass is 10.2. The monoisotopic (exact) mass is 434 g/mol. The summed E-state index contributed by atoms with van der Waals surface area (Å²) in [4.78, 5) is 36.5. The van der Waals surface area contributed by atoms with Crippen molar-refractivity contribution in [3.8, 4) is 5.69 Å². The zero-order valence-electron chi connectivity index (χ0n) is 17.3. The van der Waals surface area contributed by atoms with Crippen molar-refractivity contribution in [1.82, 2.24) is 14.8 Å². The Morgan fingerprint density at radius 1 is 1.09 bits per heavy atom. The molecule has 1 fully saturated rings. The largest absolute Gasteiger partial charge is 0.329 e. The number of nitrogens with one attached hydrogen (secondary N) is 1. The molecule has 0 unspecified atom stereocenters. The zero-order valence-corrected chi connectivity index (χ0v) is 17.3. The van der Waals surface area contributed by atoms with Gasteiger partial charge in [0.15, 0.2) is 0 Å². The van der Waals surface area contributed by atoms with Gasteiger partial charge in [0.2, 0.25) is 0 Å². The van der Waals surface area contributed by atoms with E-state index in [1.807, 2.05) is 24.5 Å². The second kappa shape index (κ2) is 8.10. The number of nitro benzene ring substituents is 1. The van der Waals surface area contributed by atoms with E-state index in [1.165, 1.54) is 30.3 Å². The highest BCUT2D eigenvalue weighted by molar-refractivity contribution is 6.14. The first kappa shape index (κ1) is 21.0. The maximum absolute atomic E-state index is 13.9. The SMILES string of the molecule is Cc1cc(/C=C2\NC(=O)N(Cc3ccccc3F)C2=O)c(C)n1-c1ccc([N+](=O)[O-])cc1. The number of urea groups is 1. The van der Waals surface area contributed by atoms with Gasteiger partial charge in [-0.05, 0) is 49.8 Å². The third-order valence-electron chi connectivity index (χ3n) is 5.34. The van der Waals surface area contributed by atoms with Crippen molar-refractivity contribution in [1.29, 1.82) is 0 Å². The van der Waals surface area contributed by atoms with Crippen molar-refractivity contribution in [2.75, 3.05) is 0 Å². The second-order valence-electron chi connectivity index (χ2n) is 7.41. The Morgan fingerprint density at radius 3 is 2.44 bits per heavy atom. The molecule has 162 valence electrons. The normalized spacial score (nSPS) is 14.8. The van der Waals surface area contributed by atoms with Crippen LogP contribution in [0.2, 0.25) is 0 Å². The Balaban J connectivity index is 1.62. The molecule has 3 amide bonds. The second-order valence-corrected chi connectivity index (χ2v) is 7.41. The van der Waals surface area contributed by atoms with Crippen molar-refractivity contribution < 1.29 is 18.9 Å². The van der Waals surface area contributed by atoms with Crippen LogP contribution in [0.3, 0.4) is 0 Å². The van der Waals surface area contributed by atoms with Crippen LogP contribution in [0.25, 0.3) is 11.8 Å². The number of hydrogen-bond donors (Lipinski definition) is 1. The van der Waals surface area contributed by atoms with Crippen molar-refractivity contribution in [2.45, 2.75) is 20.4 Å². The Labute approximate surface area is 182 Å². The van der Waals surface area contributed by atoms with Crippen LogP contribution in [0.5, 0.6) is 0 Å². The van der Waals surface area contributed by atoms with Gasteiger partial charge in [0, 0.05) is 34.8 Å². The quantitative estimate of drug-likeness (QED) is 0.281. The van der Waals surface area contributed by atoms with E-state index in [0.717, 1.165) is 22.0 Å². The van der Waals surface area contributed by atoms with Crippen molar-refractivity contribution in [2.24, 2.45) is 0 Å². The van der Waals surface area contributed by atoms with Crippen LogP contribution >= 0.6 is 0 Å². The van der Waals surface area contributed by atoms with Gasteiger partial charge in [-0.2, -0.15) is 0 Å². The lowest BCUT2D eigenvalue weighted by molar-refractivity contribution is -0.384. The molecule has 0 bridgehead atoms. The molecule has 1 aromatic heterocycles. The molecule has 2 aromatic carbocycles. The molecule has 8 nitrogen and oxygen atoms in total. The molecule has 9 heteroatoms. The third kappa shape index (κ3) is 3.76. The Kier molecular flexibility index (Phi) is 5.31. The molecule has 0 saturated carbocycles. The highest BCUT2D eigenvalue weighted by Crippen LogP contribution is 2.25. The summed E-state index contributed by atoms with van der Waals surface area (Å²) in [7, 11) is 0. The number of nitro groups is 1. The molecular weight excluding hydrogens is 415 g/mol. The van der Waals surface area contributed by atoms with Crippen LogP contribution in [0, 0.1) is 29.8 Å². The topological polar surface area (TPSA) is 97.5 Å². The van der Waals surface area contributed by atoms with Gasteiger partial charge >= 0.3 is 6.03 Å². The van der Waals surface area contributed by atoms with E-state index in [0.29, 0.717) is 5.56 Å². The molecule has 0 radical (unpaired) electrons. The van der Waals surface area contributed by atoms with E-state index in [2.05, 4.69) is 5.32 Å². The molecule has 1 aliphatic heterocycles. The fraction of sp³-hybridized carbons (Fsp3) is 0.130. The Bertz CT molecular complexity index is 1280. The summed E-state index contributed by atoms with van der Waals surface area (Å²) in [5.41, 5.74) is 3.41. The van der Waals surface area contributed by atoms with Crippen molar-refractivity contribution in [3.63, 3.8) is 0 Å². The van der Waals surface area contributed by atoms with Crippen LogP contribution in [-0.4, -0.2) is 26.3 Å². The summed E-state index contributed by atoms with van der Waals surface area (Å²) in [5, 5.41) is 13.4. The van der Waals surface area contributed by atoms with Crippen molar-refractivity contribution >= 4 is 23.7 Å². The Morgan fingerprint density at radius 2 is 1.78 bits per heavy atom. The first-order chi connectivity index (χ1) is 15.3. The summed E-state index contributed by atoms with van der Waals surface area (Å²) in [5.74, 6) is -1.03. The predicted octanol–water partition coefficient (Wildman–Crippen LogP) is 4.23. The predicted molar refractivity (Wildman–Crippen MR) is 115 cm³/mol. The van der Waals surface area contributed by atoms with Gasteiger partial charge in [0.25, 0.3) is 11.6 Å². The van der Waals surface area contributed by atoms with Gasteiger partial charge in [0.05, 0.1) is 11.5 Å². The van der Waals surface area contributed by atoms with E-state index >= 15 is 0 Å². The molecular formula is C23H19FN4O4.